The Morgan fingerprint density at radius 1 is 1.44 bits per heavy atom. The molecule has 0 bridgehead atoms. The summed E-state index contributed by atoms with van der Waals surface area (Å²) < 4.78 is 11.0. The van der Waals surface area contributed by atoms with Crippen LogP contribution in [0.5, 0.6) is 5.75 Å². The van der Waals surface area contributed by atoms with Gasteiger partial charge in [-0.2, -0.15) is 0 Å². The maximum absolute atomic E-state index is 12.6. The zero-order valence-electron chi connectivity index (χ0n) is 15.0. The number of rotatable bonds is 7. The smallest absolute Gasteiger partial charge is 0.317 e. The summed E-state index contributed by atoms with van der Waals surface area (Å²) in [6, 6.07) is 5.78. The second kappa shape index (κ2) is 8.82. The van der Waals surface area contributed by atoms with Crippen molar-refractivity contribution in [1.29, 1.82) is 0 Å². The van der Waals surface area contributed by atoms with E-state index in [0.29, 0.717) is 32.7 Å². The Morgan fingerprint density at radius 3 is 2.88 bits per heavy atom. The molecule has 1 aliphatic rings. The van der Waals surface area contributed by atoms with Crippen molar-refractivity contribution in [2.45, 2.75) is 19.4 Å². The molecule has 0 spiro atoms. The van der Waals surface area contributed by atoms with Crippen LogP contribution in [0, 0.1) is 6.92 Å². The van der Waals surface area contributed by atoms with Crippen molar-refractivity contribution in [3.8, 4) is 5.75 Å². The number of methoxy groups -OCH3 is 1. The van der Waals surface area contributed by atoms with Crippen LogP contribution in [-0.2, 0) is 20.7 Å². The van der Waals surface area contributed by atoms with Crippen molar-refractivity contribution in [3.05, 3.63) is 29.3 Å². The lowest BCUT2D eigenvalue weighted by atomic mass is 10.1. The van der Waals surface area contributed by atoms with Crippen molar-refractivity contribution >= 4 is 11.9 Å². The molecule has 1 aliphatic heterocycles. The van der Waals surface area contributed by atoms with E-state index >= 15 is 0 Å². The molecule has 25 heavy (non-hydrogen) atoms. The Hall–Kier alpha value is -2.12. The number of carbonyl (C=O) groups is 2. The number of likely N-dealkylation sites (N-methyl/N-ethyl adjacent to an activating group) is 1. The summed E-state index contributed by atoms with van der Waals surface area (Å²) in [5.74, 6) is -0.0555. The second-order valence-corrected chi connectivity index (χ2v) is 6.40. The van der Waals surface area contributed by atoms with E-state index in [1.165, 1.54) is 0 Å². The number of aliphatic carboxylic acids is 1. The van der Waals surface area contributed by atoms with Gasteiger partial charge < -0.3 is 19.5 Å². The number of hydrogen-bond donors (Lipinski definition) is 1. The number of carbonyl (C=O) groups excluding carboxylic acids is 1. The summed E-state index contributed by atoms with van der Waals surface area (Å²) in [7, 11) is 3.35. The molecule has 7 nitrogen and oxygen atoms in total. The highest BCUT2D eigenvalue weighted by Gasteiger charge is 2.25. The maximum atomic E-state index is 12.6. The van der Waals surface area contributed by atoms with Gasteiger partial charge in [-0.05, 0) is 31.2 Å². The van der Waals surface area contributed by atoms with Crippen LogP contribution in [0.1, 0.15) is 11.1 Å². The lowest BCUT2D eigenvalue weighted by Crippen LogP contribution is -2.50. The zero-order chi connectivity index (χ0) is 18.4. The summed E-state index contributed by atoms with van der Waals surface area (Å²) in [4.78, 5) is 26.8. The fourth-order valence-electron chi connectivity index (χ4n) is 2.96. The van der Waals surface area contributed by atoms with Crippen molar-refractivity contribution in [2.24, 2.45) is 0 Å². The SMILES string of the molecule is COc1cc(CC(=O)N2CCOC(CN(C)CC(=O)O)C2)ccc1C. The van der Waals surface area contributed by atoms with Crippen LogP contribution < -0.4 is 4.74 Å². The summed E-state index contributed by atoms with van der Waals surface area (Å²) in [6.45, 7) is 3.90. The molecule has 7 heteroatoms. The first-order chi connectivity index (χ1) is 11.9. The van der Waals surface area contributed by atoms with Gasteiger partial charge in [-0.1, -0.05) is 12.1 Å². The maximum Gasteiger partial charge on any atom is 0.317 e. The fraction of sp³-hybridized carbons (Fsp3) is 0.556. The minimum atomic E-state index is -0.875. The first-order valence-electron chi connectivity index (χ1n) is 8.32. The van der Waals surface area contributed by atoms with Gasteiger partial charge in [0.05, 0.1) is 32.8 Å². The van der Waals surface area contributed by atoms with Crippen LogP contribution in [-0.4, -0.2) is 79.8 Å². The predicted octanol–water partition coefficient (Wildman–Crippen LogP) is 0.790. The number of amides is 1. The molecule has 1 fully saturated rings. The first kappa shape index (κ1) is 19.2. The number of hydrogen-bond acceptors (Lipinski definition) is 5. The largest absolute Gasteiger partial charge is 0.496 e. The van der Waals surface area contributed by atoms with Gasteiger partial charge in [0.15, 0.2) is 0 Å². The van der Waals surface area contributed by atoms with E-state index in [0.717, 1.165) is 16.9 Å². The highest BCUT2D eigenvalue weighted by atomic mass is 16.5. The van der Waals surface area contributed by atoms with Crippen LogP contribution in [0.3, 0.4) is 0 Å². The van der Waals surface area contributed by atoms with Crippen LogP contribution in [0.4, 0.5) is 0 Å². The van der Waals surface area contributed by atoms with Crippen molar-refractivity contribution in [1.82, 2.24) is 9.80 Å². The van der Waals surface area contributed by atoms with Gasteiger partial charge in [0, 0.05) is 19.6 Å². The van der Waals surface area contributed by atoms with Gasteiger partial charge in [0.1, 0.15) is 5.75 Å². The van der Waals surface area contributed by atoms with E-state index in [1.807, 2.05) is 25.1 Å². The monoisotopic (exact) mass is 350 g/mol. The second-order valence-electron chi connectivity index (χ2n) is 6.40. The number of aryl methyl sites for hydroxylation is 1. The third-order valence-corrected chi connectivity index (χ3v) is 4.24. The highest BCUT2D eigenvalue weighted by Crippen LogP contribution is 2.20. The van der Waals surface area contributed by atoms with Gasteiger partial charge in [-0.15, -0.1) is 0 Å². The molecule has 1 atom stereocenters. The lowest BCUT2D eigenvalue weighted by Gasteiger charge is -2.34. The van der Waals surface area contributed by atoms with Crippen LogP contribution >= 0.6 is 0 Å². The normalized spacial score (nSPS) is 17.6. The lowest BCUT2D eigenvalue weighted by molar-refractivity contribution is -0.142. The third kappa shape index (κ3) is 5.72. The summed E-state index contributed by atoms with van der Waals surface area (Å²) >= 11 is 0. The van der Waals surface area contributed by atoms with Gasteiger partial charge in [-0.25, -0.2) is 0 Å². The molecule has 0 radical (unpaired) electrons. The molecule has 0 aliphatic carbocycles. The van der Waals surface area contributed by atoms with Crippen molar-refractivity contribution in [2.75, 3.05) is 46.9 Å². The number of carboxylic acid groups (broad SMARTS) is 1. The third-order valence-electron chi connectivity index (χ3n) is 4.24. The Balaban J connectivity index is 1.91. The van der Waals surface area contributed by atoms with Crippen LogP contribution in [0.2, 0.25) is 0 Å². The van der Waals surface area contributed by atoms with Crippen LogP contribution in [0.25, 0.3) is 0 Å². The van der Waals surface area contributed by atoms with Gasteiger partial charge in [0.2, 0.25) is 5.91 Å². The molecule has 1 saturated heterocycles. The highest BCUT2D eigenvalue weighted by molar-refractivity contribution is 5.79. The predicted molar refractivity (Wildman–Crippen MR) is 92.9 cm³/mol. The molecule has 2 rings (SSSR count). The van der Waals surface area contributed by atoms with E-state index in [4.69, 9.17) is 14.6 Å². The molecular formula is C18H26N2O5. The summed E-state index contributed by atoms with van der Waals surface area (Å²) in [5, 5.41) is 8.82. The van der Waals surface area contributed by atoms with Crippen LogP contribution in [0.15, 0.2) is 18.2 Å². The fourth-order valence-corrected chi connectivity index (χ4v) is 2.96. The molecule has 1 aromatic rings. The Morgan fingerprint density at radius 2 is 2.20 bits per heavy atom. The van der Waals surface area contributed by atoms with Gasteiger partial charge >= 0.3 is 5.97 Å². The molecule has 0 saturated carbocycles. The quantitative estimate of drug-likeness (QED) is 0.783. The minimum absolute atomic E-state index is 0.0418. The molecular weight excluding hydrogens is 324 g/mol. The minimum Gasteiger partial charge on any atom is -0.496 e. The molecule has 138 valence electrons. The molecule has 1 aromatic carbocycles. The average Bonchev–Trinajstić information content (AvgIpc) is 2.56. The van der Waals surface area contributed by atoms with Crippen molar-refractivity contribution < 1.29 is 24.2 Å². The van der Waals surface area contributed by atoms with E-state index in [9.17, 15) is 9.59 Å². The zero-order valence-corrected chi connectivity index (χ0v) is 15.0. The standard InChI is InChI=1S/C18H26N2O5/c1-13-4-5-14(8-16(13)24-3)9-17(21)20-6-7-25-15(11-20)10-19(2)12-18(22)23/h4-5,8,15H,6-7,9-12H2,1-3H3,(H,22,23). The van der Waals surface area contributed by atoms with E-state index < -0.39 is 5.97 Å². The number of morpholine rings is 1. The molecule has 0 aromatic heterocycles. The number of ether oxygens (including phenoxy) is 2. The number of carboxylic acids is 1. The average molecular weight is 350 g/mol. The van der Waals surface area contributed by atoms with E-state index in [1.54, 1.807) is 24.0 Å². The summed E-state index contributed by atoms with van der Waals surface area (Å²) in [6.07, 6.45) is 0.142. The van der Waals surface area contributed by atoms with Gasteiger partial charge in [-0.3, -0.25) is 14.5 Å². The Bertz CT molecular complexity index is 619. The van der Waals surface area contributed by atoms with Gasteiger partial charge in [0.25, 0.3) is 0 Å². The van der Waals surface area contributed by atoms with E-state index in [-0.39, 0.29) is 18.6 Å². The summed E-state index contributed by atoms with van der Waals surface area (Å²) in [5.41, 5.74) is 1.95. The molecule has 1 unspecified atom stereocenters. The molecule has 1 heterocycles. The van der Waals surface area contributed by atoms with Crippen molar-refractivity contribution in [3.63, 3.8) is 0 Å². The topological polar surface area (TPSA) is 79.3 Å². The number of nitrogens with zero attached hydrogens (tertiary/aromatic N) is 2. The molecule has 1 amide bonds. The Labute approximate surface area is 148 Å². The van der Waals surface area contributed by atoms with E-state index in [2.05, 4.69) is 0 Å². The Kier molecular flexibility index (Phi) is 6.78. The number of benzene rings is 1. The first-order valence-corrected chi connectivity index (χ1v) is 8.32. The molecule has 1 N–H and O–H groups in total.